The van der Waals surface area contributed by atoms with Crippen LogP contribution < -0.4 is 5.32 Å². The van der Waals surface area contributed by atoms with Crippen LogP contribution in [0.1, 0.15) is 31.2 Å². The molecule has 1 aromatic rings. The number of ether oxygens (including phenoxy) is 2. The summed E-state index contributed by atoms with van der Waals surface area (Å²) in [5.41, 5.74) is 1.54. The van der Waals surface area contributed by atoms with Crippen LogP contribution in [0.2, 0.25) is 0 Å². The zero-order valence-electron chi connectivity index (χ0n) is 11.6. The van der Waals surface area contributed by atoms with Gasteiger partial charge in [-0.2, -0.15) is 0 Å². The van der Waals surface area contributed by atoms with E-state index in [-0.39, 0.29) is 11.8 Å². The fourth-order valence-electron chi connectivity index (χ4n) is 3.49. The van der Waals surface area contributed by atoms with Crippen molar-refractivity contribution >= 4 is 0 Å². The van der Waals surface area contributed by atoms with Crippen LogP contribution in [0.4, 0.5) is 0 Å². The first kappa shape index (κ1) is 13.1. The van der Waals surface area contributed by atoms with E-state index in [0.29, 0.717) is 5.92 Å². The minimum absolute atomic E-state index is 0.0469. The van der Waals surface area contributed by atoms with E-state index in [1.54, 1.807) is 0 Å². The molecule has 0 amide bonds. The van der Waals surface area contributed by atoms with Gasteiger partial charge in [-0.05, 0) is 38.3 Å². The highest BCUT2D eigenvalue weighted by atomic mass is 16.7. The largest absolute Gasteiger partial charge is 0.350 e. The van der Waals surface area contributed by atoms with Crippen LogP contribution in [0.25, 0.3) is 0 Å². The van der Waals surface area contributed by atoms with Crippen LogP contribution in [-0.4, -0.2) is 26.6 Å². The van der Waals surface area contributed by atoms with Gasteiger partial charge in [-0.15, -0.1) is 0 Å². The second-order valence-electron chi connectivity index (χ2n) is 5.65. The van der Waals surface area contributed by atoms with E-state index in [2.05, 4.69) is 42.7 Å². The summed E-state index contributed by atoms with van der Waals surface area (Å²) in [7, 11) is 2.08. The van der Waals surface area contributed by atoms with Gasteiger partial charge in [0, 0.05) is 11.5 Å². The van der Waals surface area contributed by atoms with Crippen LogP contribution in [0.3, 0.4) is 0 Å². The molecule has 0 spiro atoms. The molecule has 0 radical (unpaired) electrons. The third-order valence-electron chi connectivity index (χ3n) is 4.72. The second kappa shape index (κ2) is 5.61. The molecular formula is C16H23NO2. The van der Waals surface area contributed by atoms with Gasteiger partial charge in [-0.3, -0.25) is 0 Å². The highest BCUT2D eigenvalue weighted by Crippen LogP contribution is 2.41. The van der Waals surface area contributed by atoms with Gasteiger partial charge in [-0.1, -0.05) is 30.3 Å². The van der Waals surface area contributed by atoms with Crippen LogP contribution >= 0.6 is 0 Å². The summed E-state index contributed by atoms with van der Waals surface area (Å²) in [6, 6.07) is 10.8. The Balaban J connectivity index is 1.69. The van der Waals surface area contributed by atoms with Gasteiger partial charge in [0.25, 0.3) is 0 Å². The lowest BCUT2D eigenvalue weighted by Crippen LogP contribution is -2.44. The van der Waals surface area contributed by atoms with Crippen molar-refractivity contribution in [2.45, 2.75) is 37.5 Å². The summed E-state index contributed by atoms with van der Waals surface area (Å²) in [4.78, 5) is 0. The number of nitrogens with one attached hydrogen (secondary N) is 1. The molecule has 1 heterocycles. The van der Waals surface area contributed by atoms with Crippen LogP contribution in [0.5, 0.6) is 0 Å². The van der Waals surface area contributed by atoms with Crippen molar-refractivity contribution in [1.29, 1.82) is 0 Å². The van der Waals surface area contributed by atoms with Crippen LogP contribution in [0.15, 0.2) is 30.3 Å². The van der Waals surface area contributed by atoms with E-state index in [1.165, 1.54) is 18.4 Å². The Bertz CT molecular complexity index is 392. The zero-order chi connectivity index (χ0) is 13.1. The van der Waals surface area contributed by atoms with Crippen molar-refractivity contribution in [1.82, 2.24) is 5.32 Å². The predicted molar refractivity (Wildman–Crippen MR) is 74.8 cm³/mol. The molecule has 1 aliphatic heterocycles. The van der Waals surface area contributed by atoms with E-state index in [1.807, 2.05) is 0 Å². The van der Waals surface area contributed by atoms with E-state index in [9.17, 15) is 0 Å². The molecule has 19 heavy (non-hydrogen) atoms. The summed E-state index contributed by atoms with van der Waals surface area (Å²) in [6.07, 6.45) is 4.69. The Morgan fingerprint density at radius 3 is 2.26 bits per heavy atom. The van der Waals surface area contributed by atoms with Crippen LogP contribution in [0, 0.1) is 5.92 Å². The fraction of sp³-hybridized carbons (Fsp3) is 0.625. The Labute approximate surface area is 115 Å². The van der Waals surface area contributed by atoms with Gasteiger partial charge >= 0.3 is 0 Å². The highest BCUT2D eigenvalue weighted by molar-refractivity contribution is 5.25. The van der Waals surface area contributed by atoms with Crippen LogP contribution in [-0.2, 0) is 15.0 Å². The average Bonchev–Trinajstić information content (AvgIpc) is 3.02. The van der Waals surface area contributed by atoms with E-state index in [4.69, 9.17) is 9.47 Å². The number of rotatable bonds is 3. The Hall–Kier alpha value is -0.900. The molecule has 104 valence electrons. The normalized spacial score (nSPS) is 32.6. The topological polar surface area (TPSA) is 30.5 Å². The Morgan fingerprint density at radius 1 is 1.05 bits per heavy atom. The first-order chi connectivity index (χ1) is 9.34. The lowest BCUT2D eigenvalue weighted by molar-refractivity contribution is -0.0977. The van der Waals surface area contributed by atoms with Crippen molar-refractivity contribution in [3.05, 3.63) is 35.9 Å². The molecular weight excluding hydrogens is 238 g/mol. The SMILES string of the molecule is CNC1(c2ccccc2)CCC(C2OCCO2)CC1. The lowest BCUT2D eigenvalue weighted by atomic mass is 9.72. The maximum atomic E-state index is 5.66. The molecule has 1 aliphatic carbocycles. The summed E-state index contributed by atoms with van der Waals surface area (Å²) in [6.45, 7) is 1.52. The molecule has 0 bridgehead atoms. The maximum absolute atomic E-state index is 5.66. The monoisotopic (exact) mass is 261 g/mol. The third kappa shape index (κ3) is 2.55. The molecule has 1 aromatic carbocycles. The van der Waals surface area contributed by atoms with Crippen molar-refractivity contribution in [2.75, 3.05) is 20.3 Å². The predicted octanol–water partition coefficient (Wildman–Crippen LogP) is 2.66. The summed E-state index contributed by atoms with van der Waals surface area (Å²) >= 11 is 0. The minimum Gasteiger partial charge on any atom is -0.350 e. The molecule has 1 saturated carbocycles. The van der Waals surface area contributed by atoms with Crippen molar-refractivity contribution in [2.24, 2.45) is 5.92 Å². The summed E-state index contributed by atoms with van der Waals surface area (Å²) in [5, 5.41) is 3.56. The maximum Gasteiger partial charge on any atom is 0.160 e. The molecule has 0 unspecified atom stereocenters. The molecule has 3 heteroatoms. The molecule has 0 atom stereocenters. The van der Waals surface area contributed by atoms with Gasteiger partial charge in [0.1, 0.15) is 0 Å². The Kier molecular flexibility index (Phi) is 3.87. The lowest BCUT2D eigenvalue weighted by Gasteiger charge is -2.41. The van der Waals surface area contributed by atoms with E-state index in [0.717, 1.165) is 26.1 Å². The minimum atomic E-state index is 0.0469. The molecule has 3 nitrogen and oxygen atoms in total. The molecule has 1 saturated heterocycles. The first-order valence-corrected chi connectivity index (χ1v) is 7.32. The quantitative estimate of drug-likeness (QED) is 0.907. The molecule has 0 aromatic heterocycles. The zero-order valence-corrected chi connectivity index (χ0v) is 11.6. The number of hydrogen-bond donors (Lipinski definition) is 1. The van der Waals surface area contributed by atoms with Crippen molar-refractivity contribution in [3.8, 4) is 0 Å². The van der Waals surface area contributed by atoms with Gasteiger partial charge in [0.15, 0.2) is 6.29 Å². The van der Waals surface area contributed by atoms with Gasteiger partial charge in [0.05, 0.1) is 13.2 Å². The first-order valence-electron chi connectivity index (χ1n) is 7.32. The molecule has 1 N–H and O–H groups in total. The second-order valence-corrected chi connectivity index (χ2v) is 5.65. The number of benzene rings is 1. The van der Waals surface area contributed by atoms with E-state index < -0.39 is 0 Å². The van der Waals surface area contributed by atoms with E-state index >= 15 is 0 Å². The average molecular weight is 261 g/mol. The standard InChI is InChI=1S/C16H23NO2/c1-17-16(14-5-3-2-4-6-14)9-7-13(8-10-16)15-18-11-12-19-15/h2-6,13,15,17H,7-12H2,1H3. The molecule has 2 aliphatic rings. The summed E-state index contributed by atoms with van der Waals surface area (Å²) < 4.78 is 11.3. The van der Waals surface area contributed by atoms with Crippen molar-refractivity contribution < 1.29 is 9.47 Å². The third-order valence-corrected chi connectivity index (χ3v) is 4.72. The summed E-state index contributed by atoms with van der Waals surface area (Å²) in [5.74, 6) is 0.563. The molecule has 2 fully saturated rings. The van der Waals surface area contributed by atoms with Gasteiger partial charge in [0.2, 0.25) is 0 Å². The highest BCUT2D eigenvalue weighted by Gasteiger charge is 2.39. The smallest absolute Gasteiger partial charge is 0.160 e. The van der Waals surface area contributed by atoms with Gasteiger partial charge < -0.3 is 14.8 Å². The van der Waals surface area contributed by atoms with Crippen molar-refractivity contribution in [3.63, 3.8) is 0 Å². The fourth-order valence-corrected chi connectivity index (χ4v) is 3.49. The molecule has 3 rings (SSSR count). The number of hydrogen-bond acceptors (Lipinski definition) is 3. The van der Waals surface area contributed by atoms with Gasteiger partial charge in [-0.25, -0.2) is 0 Å². The Morgan fingerprint density at radius 2 is 1.68 bits per heavy atom.